The summed E-state index contributed by atoms with van der Waals surface area (Å²) in [4.78, 5) is 49.2. The molecule has 142 valence electrons. The maximum atomic E-state index is 12.4. The summed E-state index contributed by atoms with van der Waals surface area (Å²) in [5, 5.41) is 5.66. The number of aryl methyl sites for hydroxylation is 2. The van der Waals surface area contributed by atoms with Gasteiger partial charge >= 0.3 is 5.97 Å². The van der Waals surface area contributed by atoms with E-state index in [1.165, 1.54) is 10.8 Å². The molecule has 1 amide bonds. The van der Waals surface area contributed by atoms with Gasteiger partial charge in [-0.05, 0) is 27.2 Å². The van der Waals surface area contributed by atoms with Crippen molar-refractivity contribution in [1.29, 1.82) is 0 Å². The first-order valence-corrected chi connectivity index (χ1v) is 9.08. The molecule has 10 nitrogen and oxygen atoms in total. The van der Waals surface area contributed by atoms with Crippen LogP contribution in [0.3, 0.4) is 0 Å². The van der Waals surface area contributed by atoms with Crippen LogP contribution in [0.4, 0.5) is 5.13 Å². The number of fused-ring (bicyclic) bond motifs is 1. The predicted molar refractivity (Wildman–Crippen MR) is 98.1 cm³/mol. The van der Waals surface area contributed by atoms with Crippen molar-refractivity contribution >= 4 is 34.1 Å². The molecule has 0 fully saturated rings. The van der Waals surface area contributed by atoms with Gasteiger partial charge in [-0.3, -0.25) is 14.7 Å². The van der Waals surface area contributed by atoms with Crippen LogP contribution in [0.2, 0.25) is 0 Å². The zero-order valence-electron chi connectivity index (χ0n) is 15.0. The number of aromatic nitrogens is 5. The van der Waals surface area contributed by atoms with Crippen LogP contribution in [0.25, 0.3) is 5.78 Å². The van der Waals surface area contributed by atoms with Crippen molar-refractivity contribution in [3.8, 4) is 0 Å². The Labute approximate surface area is 157 Å². The van der Waals surface area contributed by atoms with Crippen molar-refractivity contribution in [3.05, 3.63) is 38.5 Å². The van der Waals surface area contributed by atoms with Crippen molar-refractivity contribution in [3.63, 3.8) is 0 Å². The van der Waals surface area contributed by atoms with Crippen LogP contribution in [-0.4, -0.2) is 43.0 Å². The fourth-order valence-electron chi connectivity index (χ4n) is 2.54. The molecule has 0 bridgehead atoms. The number of rotatable bonds is 6. The Morgan fingerprint density at radius 2 is 2.07 bits per heavy atom. The van der Waals surface area contributed by atoms with Crippen LogP contribution >= 0.6 is 11.3 Å². The van der Waals surface area contributed by atoms with Crippen molar-refractivity contribution in [2.45, 2.75) is 33.6 Å². The third kappa shape index (κ3) is 3.87. The van der Waals surface area contributed by atoms with Gasteiger partial charge in [-0.2, -0.15) is 4.52 Å². The first-order valence-electron chi connectivity index (χ1n) is 8.26. The molecule has 0 aliphatic rings. The second-order valence-corrected chi connectivity index (χ2v) is 6.70. The summed E-state index contributed by atoms with van der Waals surface area (Å²) in [6.07, 6.45) is 1.68. The van der Waals surface area contributed by atoms with E-state index in [-0.39, 0.29) is 36.7 Å². The van der Waals surface area contributed by atoms with E-state index in [4.69, 9.17) is 4.74 Å². The number of thiazole rings is 1. The van der Waals surface area contributed by atoms with Gasteiger partial charge in [0.2, 0.25) is 5.91 Å². The lowest BCUT2D eigenvalue weighted by atomic mass is 10.1. The van der Waals surface area contributed by atoms with Crippen LogP contribution in [-0.2, 0) is 16.0 Å². The summed E-state index contributed by atoms with van der Waals surface area (Å²) in [5.74, 6) is -0.487. The SMILES string of the molecule is CCOC(=O)c1sc(NC(=O)CCc2c(C)nc3nc[nH]n3c2=O)nc1C. The maximum absolute atomic E-state index is 12.4. The number of carbonyl (C=O) groups is 2. The van der Waals surface area contributed by atoms with Gasteiger partial charge < -0.3 is 10.1 Å². The molecule has 3 rings (SSSR count). The number of amides is 1. The van der Waals surface area contributed by atoms with Crippen molar-refractivity contribution < 1.29 is 14.3 Å². The molecule has 0 aromatic carbocycles. The van der Waals surface area contributed by atoms with Gasteiger partial charge in [-0.1, -0.05) is 11.3 Å². The lowest BCUT2D eigenvalue weighted by Gasteiger charge is -2.05. The minimum absolute atomic E-state index is 0.0747. The average Bonchev–Trinajstić information content (AvgIpc) is 3.21. The third-order valence-corrected chi connectivity index (χ3v) is 4.89. The van der Waals surface area contributed by atoms with Crippen LogP contribution < -0.4 is 10.9 Å². The van der Waals surface area contributed by atoms with E-state index in [0.717, 1.165) is 11.3 Å². The number of hydrogen-bond acceptors (Lipinski definition) is 8. The van der Waals surface area contributed by atoms with Crippen LogP contribution in [0.15, 0.2) is 11.1 Å². The van der Waals surface area contributed by atoms with Crippen LogP contribution in [0, 0.1) is 13.8 Å². The quantitative estimate of drug-likeness (QED) is 0.605. The number of carbonyl (C=O) groups excluding carboxylic acids is 2. The highest BCUT2D eigenvalue weighted by atomic mass is 32.1. The summed E-state index contributed by atoms with van der Waals surface area (Å²) in [6, 6.07) is 0. The van der Waals surface area contributed by atoms with E-state index < -0.39 is 5.97 Å². The largest absolute Gasteiger partial charge is 0.462 e. The molecule has 3 aromatic heterocycles. The molecule has 0 aliphatic heterocycles. The van der Waals surface area contributed by atoms with E-state index in [9.17, 15) is 14.4 Å². The highest BCUT2D eigenvalue weighted by molar-refractivity contribution is 7.17. The Morgan fingerprint density at radius 3 is 2.81 bits per heavy atom. The van der Waals surface area contributed by atoms with Gasteiger partial charge in [0, 0.05) is 12.0 Å². The summed E-state index contributed by atoms with van der Waals surface area (Å²) in [7, 11) is 0. The minimum Gasteiger partial charge on any atom is -0.462 e. The van der Waals surface area contributed by atoms with Crippen molar-refractivity contribution in [2.24, 2.45) is 0 Å². The number of ether oxygens (including phenoxy) is 1. The molecule has 0 radical (unpaired) electrons. The normalized spacial score (nSPS) is 10.9. The smallest absolute Gasteiger partial charge is 0.350 e. The van der Waals surface area contributed by atoms with E-state index in [2.05, 4.69) is 25.4 Å². The number of hydrogen-bond donors (Lipinski definition) is 2. The Hall–Kier alpha value is -3.08. The highest BCUT2D eigenvalue weighted by Gasteiger charge is 2.18. The lowest BCUT2D eigenvalue weighted by Crippen LogP contribution is -2.23. The monoisotopic (exact) mass is 390 g/mol. The molecule has 3 aromatic rings. The number of H-pyrrole nitrogens is 1. The predicted octanol–water partition coefficient (Wildman–Crippen LogP) is 1.24. The zero-order valence-corrected chi connectivity index (χ0v) is 15.8. The molecule has 27 heavy (non-hydrogen) atoms. The Balaban J connectivity index is 1.68. The number of nitrogens with zero attached hydrogens (tertiary/aromatic N) is 4. The fourth-order valence-corrected chi connectivity index (χ4v) is 3.42. The molecule has 0 atom stereocenters. The number of nitrogens with one attached hydrogen (secondary N) is 2. The molecule has 0 saturated carbocycles. The standard InChI is InChI=1S/C16H18N6O4S/c1-4-26-14(25)12-9(3)20-16(27-12)21-11(23)6-5-10-8(2)19-15-17-7-18-22(15)13(10)24/h7H,4-6H2,1-3H3,(H,17,18,19)(H,20,21,23). The van der Waals surface area contributed by atoms with Crippen LogP contribution in [0.1, 0.15) is 40.0 Å². The molecular formula is C16H18N6O4S. The number of esters is 1. The second kappa shape index (κ2) is 7.66. The van der Waals surface area contributed by atoms with E-state index >= 15 is 0 Å². The lowest BCUT2D eigenvalue weighted by molar-refractivity contribution is -0.116. The number of anilines is 1. The molecule has 0 unspecified atom stereocenters. The highest BCUT2D eigenvalue weighted by Crippen LogP contribution is 2.23. The van der Waals surface area contributed by atoms with E-state index in [0.29, 0.717) is 27.0 Å². The average molecular weight is 390 g/mol. The summed E-state index contributed by atoms with van der Waals surface area (Å²) < 4.78 is 6.19. The molecule has 0 spiro atoms. The van der Waals surface area contributed by atoms with E-state index in [1.807, 2.05) is 0 Å². The van der Waals surface area contributed by atoms with Crippen molar-refractivity contribution in [1.82, 2.24) is 24.6 Å². The number of aromatic amines is 1. The van der Waals surface area contributed by atoms with Gasteiger partial charge in [-0.15, -0.1) is 0 Å². The molecule has 11 heteroatoms. The first-order chi connectivity index (χ1) is 12.9. The van der Waals surface area contributed by atoms with Gasteiger partial charge in [0.1, 0.15) is 11.2 Å². The van der Waals surface area contributed by atoms with Crippen LogP contribution in [0.5, 0.6) is 0 Å². The Bertz CT molecular complexity index is 1070. The topological polar surface area (TPSA) is 131 Å². The fraction of sp³-hybridized carbons (Fsp3) is 0.375. The van der Waals surface area contributed by atoms with E-state index in [1.54, 1.807) is 20.8 Å². The Kier molecular flexibility index (Phi) is 5.31. The molecule has 3 heterocycles. The zero-order chi connectivity index (χ0) is 19.6. The van der Waals surface area contributed by atoms with Gasteiger partial charge in [0.15, 0.2) is 5.13 Å². The maximum Gasteiger partial charge on any atom is 0.350 e. The second-order valence-electron chi connectivity index (χ2n) is 5.71. The third-order valence-electron chi connectivity index (χ3n) is 3.84. The summed E-state index contributed by atoms with van der Waals surface area (Å²) in [5.41, 5.74) is 1.19. The Morgan fingerprint density at radius 1 is 1.30 bits per heavy atom. The summed E-state index contributed by atoms with van der Waals surface area (Å²) >= 11 is 1.06. The molecule has 0 aliphatic carbocycles. The molecular weight excluding hydrogens is 372 g/mol. The van der Waals surface area contributed by atoms with Gasteiger partial charge in [-0.25, -0.2) is 19.7 Å². The van der Waals surface area contributed by atoms with Crippen molar-refractivity contribution in [2.75, 3.05) is 11.9 Å². The summed E-state index contributed by atoms with van der Waals surface area (Å²) in [6.45, 7) is 5.37. The molecule has 2 N–H and O–H groups in total. The first kappa shape index (κ1) is 18.7. The van der Waals surface area contributed by atoms with Gasteiger partial charge in [0.25, 0.3) is 11.3 Å². The minimum atomic E-state index is -0.462. The van der Waals surface area contributed by atoms with Gasteiger partial charge in [0.05, 0.1) is 18.0 Å². The molecule has 0 saturated heterocycles.